The van der Waals surface area contributed by atoms with E-state index in [9.17, 15) is 4.79 Å². The molecule has 1 unspecified atom stereocenters. The predicted octanol–water partition coefficient (Wildman–Crippen LogP) is 2.00. The van der Waals surface area contributed by atoms with Crippen LogP contribution in [0, 0.1) is 0 Å². The van der Waals surface area contributed by atoms with Gasteiger partial charge in [0.05, 0.1) is 26.8 Å². The van der Waals surface area contributed by atoms with Gasteiger partial charge in [0, 0.05) is 19.1 Å². The lowest BCUT2D eigenvalue weighted by Crippen LogP contribution is -2.49. The first-order chi connectivity index (χ1) is 13.1. The van der Waals surface area contributed by atoms with Crippen LogP contribution in [0.2, 0.25) is 0 Å². The van der Waals surface area contributed by atoms with E-state index in [1.165, 1.54) is 0 Å². The Kier molecular flexibility index (Phi) is 12.0. The topological polar surface area (TPSA) is 87.2 Å². The molecule has 1 amide bonds. The van der Waals surface area contributed by atoms with Crippen LogP contribution in [0.4, 0.5) is 0 Å². The summed E-state index contributed by atoms with van der Waals surface area (Å²) >= 11 is 0. The molecule has 0 saturated heterocycles. The number of carbonyl (C=O) groups is 1. The molecular formula is C20H36IN5O3. The highest BCUT2D eigenvalue weighted by atomic mass is 127. The first-order valence-electron chi connectivity index (χ1n) is 9.25. The fraction of sp³-hybridized carbons (Fsp3) is 0.600. The largest absolute Gasteiger partial charge is 0.493 e. The second-order valence-corrected chi connectivity index (χ2v) is 7.70. The zero-order valence-corrected chi connectivity index (χ0v) is 21.1. The van der Waals surface area contributed by atoms with Crippen LogP contribution in [0.15, 0.2) is 23.2 Å². The van der Waals surface area contributed by atoms with E-state index in [0.717, 1.165) is 5.56 Å². The first-order valence-corrected chi connectivity index (χ1v) is 9.25. The zero-order valence-electron chi connectivity index (χ0n) is 18.8. The summed E-state index contributed by atoms with van der Waals surface area (Å²) in [6.45, 7) is 6.59. The molecule has 1 aromatic rings. The highest BCUT2D eigenvalue weighted by Crippen LogP contribution is 2.31. The lowest BCUT2D eigenvalue weighted by molar-refractivity contribution is -0.121. The van der Waals surface area contributed by atoms with Gasteiger partial charge in [-0.05, 0) is 52.6 Å². The van der Waals surface area contributed by atoms with Crippen molar-refractivity contribution in [3.05, 3.63) is 23.8 Å². The summed E-state index contributed by atoms with van der Waals surface area (Å²) in [7, 11) is 8.94. The molecule has 9 heteroatoms. The van der Waals surface area contributed by atoms with Crippen LogP contribution >= 0.6 is 24.0 Å². The molecule has 1 rings (SSSR count). The smallest absolute Gasteiger partial charge is 0.239 e. The van der Waals surface area contributed by atoms with E-state index in [4.69, 9.17) is 9.47 Å². The minimum Gasteiger partial charge on any atom is -0.493 e. The molecule has 0 aromatic heterocycles. The van der Waals surface area contributed by atoms with Gasteiger partial charge in [-0.3, -0.25) is 9.79 Å². The Morgan fingerprint density at radius 2 is 1.76 bits per heavy atom. The lowest BCUT2D eigenvalue weighted by atomic mass is 10.1. The van der Waals surface area contributed by atoms with Crippen LogP contribution in [0.1, 0.15) is 32.4 Å². The van der Waals surface area contributed by atoms with E-state index < -0.39 is 0 Å². The Hall–Kier alpha value is -1.75. The number of hydrogen-bond donors (Lipinski definition) is 3. The lowest BCUT2D eigenvalue weighted by Gasteiger charge is -2.27. The maximum Gasteiger partial charge on any atom is 0.239 e. The number of likely N-dealkylation sites (N-methyl/N-ethyl adjacent to an activating group) is 1. The predicted molar refractivity (Wildman–Crippen MR) is 129 cm³/mol. The Balaban J connectivity index is 0.00000784. The number of nitrogens with zero attached hydrogens (tertiary/aromatic N) is 2. The molecule has 0 aliphatic carbocycles. The molecule has 0 spiro atoms. The van der Waals surface area contributed by atoms with Crippen LogP contribution in [-0.2, 0) is 4.79 Å². The molecule has 166 valence electrons. The molecule has 0 bridgehead atoms. The highest BCUT2D eigenvalue weighted by molar-refractivity contribution is 14.0. The Bertz CT molecular complexity index is 675. The minimum absolute atomic E-state index is 0. The number of carbonyl (C=O) groups excluding carboxylic acids is 1. The van der Waals surface area contributed by atoms with Crippen molar-refractivity contribution in [2.45, 2.75) is 32.4 Å². The molecule has 3 N–H and O–H groups in total. The van der Waals surface area contributed by atoms with Crippen molar-refractivity contribution < 1.29 is 14.3 Å². The van der Waals surface area contributed by atoms with E-state index >= 15 is 0 Å². The molecule has 8 nitrogen and oxygen atoms in total. The normalized spacial score (nSPS) is 12.7. The fourth-order valence-electron chi connectivity index (χ4n) is 2.70. The van der Waals surface area contributed by atoms with Crippen molar-refractivity contribution in [2.24, 2.45) is 4.99 Å². The van der Waals surface area contributed by atoms with Gasteiger partial charge < -0.3 is 30.3 Å². The molecule has 0 saturated carbocycles. The van der Waals surface area contributed by atoms with Crippen LogP contribution < -0.4 is 25.4 Å². The SMILES string of the molecule is CN=C(NCC(=O)NC(C)(C)C)NCC(c1ccc(OC)c(OC)c1)N(C)C.I. The van der Waals surface area contributed by atoms with Gasteiger partial charge in [0.15, 0.2) is 17.5 Å². The van der Waals surface area contributed by atoms with Crippen molar-refractivity contribution in [3.63, 3.8) is 0 Å². The Morgan fingerprint density at radius 3 is 2.24 bits per heavy atom. The number of nitrogens with one attached hydrogen (secondary N) is 3. The average molecular weight is 521 g/mol. The molecule has 1 aromatic carbocycles. The van der Waals surface area contributed by atoms with Crippen LogP contribution in [0.3, 0.4) is 0 Å². The molecule has 0 fully saturated rings. The number of benzene rings is 1. The van der Waals surface area contributed by atoms with Crippen molar-refractivity contribution in [2.75, 3.05) is 48.5 Å². The first kappa shape index (κ1) is 27.2. The number of amides is 1. The molecule has 0 aliphatic heterocycles. The van der Waals surface area contributed by atoms with Crippen LogP contribution in [-0.4, -0.2) is 70.8 Å². The van der Waals surface area contributed by atoms with Crippen LogP contribution in [0.5, 0.6) is 11.5 Å². The monoisotopic (exact) mass is 521 g/mol. The zero-order chi connectivity index (χ0) is 21.3. The summed E-state index contributed by atoms with van der Waals surface area (Å²) in [4.78, 5) is 18.3. The average Bonchev–Trinajstić information content (AvgIpc) is 2.62. The number of rotatable bonds is 8. The highest BCUT2D eigenvalue weighted by Gasteiger charge is 2.18. The van der Waals surface area contributed by atoms with Gasteiger partial charge in [-0.2, -0.15) is 0 Å². The van der Waals surface area contributed by atoms with Gasteiger partial charge in [0.1, 0.15) is 0 Å². The third-order valence-electron chi connectivity index (χ3n) is 4.03. The third kappa shape index (κ3) is 9.53. The van der Waals surface area contributed by atoms with Gasteiger partial charge in [-0.1, -0.05) is 6.07 Å². The maximum absolute atomic E-state index is 12.0. The van der Waals surface area contributed by atoms with E-state index in [2.05, 4.69) is 25.8 Å². The molecule has 29 heavy (non-hydrogen) atoms. The molecular weight excluding hydrogens is 485 g/mol. The standard InChI is InChI=1S/C20H35N5O3.HI/c1-20(2,3)24-18(26)13-23-19(21-4)22-12-15(25(5)6)14-9-10-16(27-7)17(11-14)28-8;/h9-11,15H,12-13H2,1-8H3,(H,24,26)(H2,21,22,23);1H. The molecule has 1 atom stereocenters. The van der Waals surface area contributed by atoms with E-state index in [0.29, 0.717) is 24.0 Å². The van der Waals surface area contributed by atoms with Gasteiger partial charge >= 0.3 is 0 Å². The molecule has 0 aliphatic rings. The summed E-state index contributed by atoms with van der Waals surface area (Å²) in [6.07, 6.45) is 0. The third-order valence-corrected chi connectivity index (χ3v) is 4.03. The van der Waals surface area contributed by atoms with Crippen molar-refractivity contribution in [3.8, 4) is 11.5 Å². The van der Waals surface area contributed by atoms with E-state index in [-0.39, 0.29) is 48.0 Å². The summed E-state index contributed by atoms with van der Waals surface area (Å²) in [5, 5.41) is 9.23. The second-order valence-electron chi connectivity index (χ2n) is 7.70. The maximum atomic E-state index is 12.0. The number of methoxy groups -OCH3 is 2. The minimum atomic E-state index is -0.265. The number of guanidine groups is 1. The quantitative estimate of drug-likeness (QED) is 0.276. The van der Waals surface area contributed by atoms with Gasteiger partial charge in [-0.25, -0.2) is 0 Å². The summed E-state index contributed by atoms with van der Waals surface area (Å²) in [5.41, 5.74) is 0.815. The summed E-state index contributed by atoms with van der Waals surface area (Å²) in [6, 6.07) is 5.95. The van der Waals surface area contributed by atoms with Gasteiger partial charge in [-0.15, -0.1) is 24.0 Å². The van der Waals surface area contributed by atoms with Crippen molar-refractivity contribution in [1.29, 1.82) is 0 Å². The molecule has 0 heterocycles. The number of hydrogen-bond acceptors (Lipinski definition) is 5. The van der Waals surface area contributed by atoms with Gasteiger partial charge in [0.2, 0.25) is 5.91 Å². The van der Waals surface area contributed by atoms with Crippen molar-refractivity contribution in [1.82, 2.24) is 20.9 Å². The van der Waals surface area contributed by atoms with Gasteiger partial charge in [0.25, 0.3) is 0 Å². The summed E-state index contributed by atoms with van der Waals surface area (Å²) < 4.78 is 10.7. The number of halogens is 1. The molecule has 0 radical (unpaired) electrons. The Labute approximate surface area is 191 Å². The number of ether oxygens (including phenoxy) is 2. The van der Waals surface area contributed by atoms with Crippen molar-refractivity contribution >= 4 is 35.8 Å². The number of aliphatic imine (C=N–C) groups is 1. The van der Waals surface area contributed by atoms with E-state index in [1.807, 2.05) is 53.1 Å². The van der Waals surface area contributed by atoms with Crippen LogP contribution in [0.25, 0.3) is 0 Å². The Morgan fingerprint density at radius 1 is 1.14 bits per heavy atom. The van der Waals surface area contributed by atoms with E-state index in [1.54, 1.807) is 21.3 Å². The second kappa shape index (κ2) is 12.7. The summed E-state index contributed by atoms with van der Waals surface area (Å²) in [5.74, 6) is 1.86. The fourth-order valence-corrected chi connectivity index (χ4v) is 2.70.